The van der Waals surface area contributed by atoms with Crippen molar-refractivity contribution < 1.29 is 14.4 Å². The number of anilines is 2. The van der Waals surface area contributed by atoms with Gasteiger partial charge in [0.05, 0.1) is 26.8 Å². The number of aliphatic hydroxyl groups is 1. The molecule has 0 saturated carbocycles. The Kier molecular flexibility index (Phi) is 7.79. The van der Waals surface area contributed by atoms with Crippen molar-refractivity contribution in [3.63, 3.8) is 0 Å². The van der Waals surface area contributed by atoms with E-state index in [2.05, 4.69) is 31.3 Å². The second-order valence-corrected chi connectivity index (χ2v) is 8.39. The van der Waals surface area contributed by atoms with Crippen LogP contribution in [0.25, 0.3) is 37.4 Å². The van der Waals surface area contributed by atoms with Crippen LogP contribution < -0.4 is 19.1 Å². The van der Waals surface area contributed by atoms with Gasteiger partial charge in [0.25, 0.3) is 0 Å². The van der Waals surface area contributed by atoms with Crippen molar-refractivity contribution in [3.8, 4) is 11.4 Å². The summed E-state index contributed by atoms with van der Waals surface area (Å²) >= 11 is 0. The average molecular weight is 482 g/mol. The van der Waals surface area contributed by atoms with Gasteiger partial charge >= 0.3 is 0 Å². The highest BCUT2D eigenvalue weighted by molar-refractivity contribution is 5.86. The molecule has 0 unspecified atom stereocenters. The van der Waals surface area contributed by atoms with Gasteiger partial charge in [-0.25, -0.2) is 18.1 Å². The van der Waals surface area contributed by atoms with Crippen LogP contribution in [0.15, 0.2) is 60.7 Å². The Morgan fingerprint density at radius 1 is 0.861 bits per heavy atom. The molecule has 0 bridgehead atoms. The Labute approximate surface area is 211 Å². The Hall–Kier alpha value is -4.40. The Bertz CT molecular complexity index is 1420. The first kappa shape index (κ1) is 24.7. The average Bonchev–Trinajstić information content (AvgIpc) is 2.91. The van der Waals surface area contributed by atoms with Crippen molar-refractivity contribution in [2.75, 3.05) is 63.3 Å². The van der Waals surface area contributed by atoms with Gasteiger partial charge in [-0.2, -0.15) is 0 Å². The molecule has 1 N–H and O–H groups in total. The zero-order chi connectivity index (χ0) is 25.5. The van der Waals surface area contributed by atoms with Gasteiger partial charge in [-0.3, -0.25) is 0 Å². The number of hydrogen-bond donors (Lipinski definition) is 1. The minimum Gasteiger partial charge on any atom is -0.497 e. The maximum absolute atomic E-state index is 9.43. The Morgan fingerprint density at radius 2 is 1.44 bits per heavy atom. The van der Waals surface area contributed by atoms with Crippen molar-refractivity contribution >= 4 is 33.4 Å². The number of benzene rings is 3. The Morgan fingerprint density at radius 3 is 2.00 bits per heavy atom. The van der Waals surface area contributed by atoms with Gasteiger partial charge in [-0.05, 0) is 36.4 Å². The van der Waals surface area contributed by atoms with Gasteiger partial charge in [0.1, 0.15) is 16.8 Å². The topological polar surface area (TPSA) is 61.4 Å². The fourth-order valence-corrected chi connectivity index (χ4v) is 4.26. The highest BCUT2D eigenvalue weighted by atomic mass is 16.5. The van der Waals surface area contributed by atoms with Crippen LogP contribution in [0, 0.1) is 13.1 Å². The van der Waals surface area contributed by atoms with E-state index in [0.29, 0.717) is 32.7 Å². The maximum Gasteiger partial charge on any atom is 0.239 e. The van der Waals surface area contributed by atoms with Crippen LogP contribution in [-0.4, -0.2) is 63.6 Å². The minimum atomic E-state index is 0.0669. The number of methoxy groups -OCH3 is 1. The zero-order valence-electron chi connectivity index (χ0n) is 20.6. The molecule has 4 aromatic rings. The lowest BCUT2D eigenvalue weighted by atomic mass is 10.1. The predicted octanol–water partition coefficient (Wildman–Crippen LogP) is 3.75. The fraction of sp³-hybridized carbons (Fsp3) is 0.286. The maximum atomic E-state index is 9.43. The van der Waals surface area contributed by atoms with E-state index in [4.69, 9.17) is 22.9 Å². The van der Waals surface area contributed by atoms with Crippen LogP contribution in [0.5, 0.6) is 5.75 Å². The van der Waals surface area contributed by atoms with Crippen LogP contribution in [-0.2, 0) is 0 Å². The molecule has 3 aromatic carbocycles. The van der Waals surface area contributed by atoms with Gasteiger partial charge in [0.2, 0.25) is 29.8 Å². The van der Waals surface area contributed by atoms with Crippen LogP contribution >= 0.6 is 0 Å². The number of rotatable bonds is 10. The smallest absolute Gasteiger partial charge is 0.239 e. The van der Waals surface area contributed by atoms with E-state index in [9.17, 15) is 5.11 Å². The van der Waals surface area contributed by atoms with Crippen molar-refractivity contribution in [2.45, 2.75) is 0 Å². The second-order valence-electron chi connectivity index (χ2n) is 8.39. The molecular weight excluding hydrogens is 452 g/mol. The molecule has 36 heavy (non-hydrogen) atoms. The van der Waals surface area contributed by atoms with Gasteiger partial charge in [-0.15, -0.1) is 4.57 Å². The molecule has 0 saturated heterocycles. The first-order valence-electron chi connectivity index (χ1n) is 11.8. The van der Waals surface area contributed by atoms with E-state index in [1.165, 1.54) is 0 Å². The minimum absolute atomic E-state index is 0.0669. The van der Waals surface area contributed by atoms with E-state index in [1.54, 1.807) is 7.11 Å². The third-order valence-electron chi connectivity index (χ3n) is 6.18. The third kappa shape index (κ3) is 5.14. The zero-order valence-corrected chi connectivity index (χ0v) is 20.6. The molecule has 0 atom stereocenters. The summed E-state index contributed by atoms with van der Waals surface area (Å²) in [7, 11) is 3.60. The number of likely N-dealkylation sites (N-methyl/N-ethyl adjacent to an activating group) is 1. The largest absolute Gasteiger partial charge is 0.497 e. The molecule has 8 heteroatoms. The van der Waals surface area contributed by atoms with E-state index in [-0.39, 0.29) is 6.61 Å². The van der Waals surface area contributed by atoms with Gasteiger partial charge in [0, 0.05) is 49.2 Å². The molecule has 4 rings (SSSR count). The molecule has 0 amide bonds. The summed E-state index contributed by atoms with van der Waals surface area (Å²) in [6.45, 7) is 16.9. The molecule has 0 aliphatic rings. The molecule has 8 nitrogen and oxygen atoms in total. The molecule has 182 valence electrons. The first-order chi connectivity index (χ1) is 17.6. The second kappa shape index (κ2) is 11.4. The predicted molar refractivity (Wildman–Crippen MR) is 143 cm³/mol. The molecule has 1 aromatic heterocycles. The summed E-state index contributed by atoms with van der Waals surface area (Å²) in [5.41, 5.74) is 6.43. The molecule has 1 heterocycles. The van der Waals surface area contributed by atoms with Crippen LogP contribution in [0.2, 0.25) is 0 Å². The molecule has 0 aliphatic heterocycles. The standard InChI is InChI=1S/C28H29N6O2/c1-29-13-15-33(16-14-30-2)23-8-12-26-28(20-23)34(21-5-9-24(36-4)10-6-21)27-19-22(32(3)17-18-35)7-11-25(27)31-26/h5-12,19-20,35H,13-18H2,3-4H3/q+1. The van der Waals surface area contributed by atoms with E-state index >= 15 is 0 Å². The number of hydrogen-bond acceptors (Lipinski definition) is 5. The van der Waals surface area contributed by atoms with Crippen molar-refractivity contribution in [1.82, 2.24) is 4.98 Å². The quantitative estimate of drug-likeness (QED) is 0.212. The van der Waals surface area contributed by atoms with Gasteiger partial charge in [-0.1, -0.05) is 0 Å². The van der Waals surface area contributed by atoms with E-state index < -0.39 is 0 Å². The summed E-state index contributed by atoms with van der Waals surface area (Å²) < 4.78 is 7.56. The Balaban J connectivity index is 1.97. The number of nitrogens with zero attached hydrogens (tertiary/aromatic N) is 6. The lowest BCUT2D eigenvalue weighted by molar-refractivity contribution is -0.538. The normalized spacial score (nSPS) is 10.7. The fourth-order valence-electron chi connectivity index (χ4n) is 4.26. The summed E-state index contributed by atoms with van der Waals surface area (Å²) in [5.74, 6) is 0.774. The van der Waals surface area contributed by atoms with Crippen molar-refractivity contribution in [1.29, 1.82) is 0 Å². The van der Waals surface area contributed by atoms with Crippen molar-refractivity contribution in [3.05, 3.63) is 83.5 Å². The number of fused-ring (bicyclic) bond motifs is 2. The first-order valence-corrected chi connectivity index (χ1v) is 11.8. The lowest BCUT2D eigenvalue weighted by Gasteiger charge is -2.20. The summed E-state index contributed by atoms with van der Waals surface area (Å²) in [4.78, 5) is 16.1. The number of aromatic nitrogens is 2. The lowest BCUT2D eigenvalue weighted by Crippen LogP contribution is -2.34. The van der Waals surface area contributed by atoms with Crippen LogP contribution in [0.4, 0.5) is 11.4 Å². The molecule has 0 spiro atoms. The van der Waals surface area contributed by atoms with Crippen LogP contribution in [0.3, 0.4) is 0 Å². The van der Waals surface area contributed by atoms with Crippen molar-refractivity contribution in [2.24, 2.45) is 0 Å². The molecular formula is C28H29N6O2+. The van der Waals surface area contributed by atoms with E-state index in [0.717, 1.165) is 44.9 Å². The summed E-state index contributed by atoms with van der Waals surface area (Å²) in [5, 5.41) is 9.43. The SMILES string of the molecule is [C-]#[N+]CCN(CC[N+]#[C-])c1ccc2nc3ccc(N(C)CCO)cc3[n+](-c3ccc(OC)cc3)c2c1. The molecule has 0 radical (unpaired) electrons. The third-order valence-corrected chi connectivity index (χ3v) is 6.18. The number of ether oxygens (including phenoxy) is 1. The van der Waals surface area contributed by atoms with Gasteiger partial charge in [0.15, 0.2) is 0 Å². The highest BCUT2D eigenvalue weighted by Gasteiger charge is 2.22. The summed E-state index contributed by atoms with van der Waals surface area (Å²) in [6.07, 6.45) is 0. The molecule has 0 aliphatic carbocycles. The van der Waals surface area contributed by atoms with Gasteiger partial charge < -0.3 is 29.3 Å². The monoisotopic (exact) mass is 481 g/mol. The highest BCUT2D eigenvalue weighted by Crippen LogP contribution is 2.26. The molecule has 0 fully saturated rings. The van der Waals surface area contributed by atoms with Crippen LogP contribution in [0.1, 0.15) is 0 Å². The summed E-state index contributed by atoms with van der Waals surface area (Å²) in [6, 6.07) is 20.1. The van der Waals surface area contributed by atoms with E-state index in [1.807, 2.05) is 60.5 Å². The number of aliphatic hydroxyl groups excluding tert-OH is 1.